The summed E-state index contributed by atoms with van der Waals surface area (Å²) in [4.78, 5) is 0. The first-order chi connectivity index (χ1) is 4.86. The molecule has 0 fully saturated rings. The summed E-state index contributed by atoms with van der Waals surface area (Å²) in [6.45, 7) is 0. The van der Waals surface area contributed by atoms with E-state index < -0.39 is 0 Å². The first-order valence-electron chi connectivity index (χ1n) is 2.72. The minimum absolute atomic E-state index is 0.609. The summed E-state index contributed by atoms with van der Waals surface area (Å²) < 4.78 is 1.57. The van der Waals surface area contributed by atoms with Gasteiger partial charge in [-0.05, 0) is 0 Å². The van der Waals surface area contributed by atoms with E-state index in [1.54, 1.807) is 4.68 Å². The van der Waals surface area contributed by atoms with Gasteiger partial charge in [0.25, 0.3) is 0 Å². The topological polar surface area (TPSA) is 69.1 Å². The van der Waals surface area contributed by atoms with E-state index in [-0.39, 0.29) is 0 Å². The van der Waals surface area contributed by atoms with Gasteiger partial charge in [-0.1, -0.05) is 11.8 Å². The molecule has 0 aliphatic carbocycles. The highest BCUT2D eigenvalue weighted by molar-refractivity contribution is 7.99. The lowest BCUT2D eigenvalue weighted by Crippen LogP contribution is -2.19. The minimum Gasteiger partial charge on any atom is -0.385 e. The van der Waals surface area contributed by atoms with Crippen molar-refractivity contribution in [2.24, 2.45) is 10.8 Å². The smallest absolute Gasteiger partial charge is 0.212 e. The molecule has 0 spiro atoms. The Hall–Kier alpha value is -1.04. The van der Waals surface area contributed by atoms with Crippen molar-refractivity contribution in [3.05, 3.63) is 6.33 Å². The fourth-order valence-electron chi connectivity index (χ4n) is 0.689. The van der Waals surface area contributed by atoms with Gasteiger partial charge in [-0.2, -0.15) is 9.78 Å². The fourth-order valence-corrected chi connectivity index (χ4v) is 1.35. The van der Waals surface area contributed by atoms with Gasteiger partial charge in [-0.15, -0.1) is 10.2 Å². The molecule has 1 aromatic heterocycles. The zero-order valence-corrected chi connectivity index (χ0v) is 5.88. The first-order valence-corrected chi connectivity index (χ1v) is 3.71. The number of fused-ring (bicyclic) bond motifs is 1. The van der Waals surface area contributed by atoms with Crippen LogP contribution in [-0.2, 0) is 0 Å². The summed E-state index contributed by atoms with van der Waals surface area (Å²) in [5, 5.41) is 12.2. The highest BCUT2D eigenvalue weighted by Gasteiger charge is 2.10. The van der Waals surface area contributed by atoms with Gasteiger partial charge in [0.2, 0.25) is 5.16 Å². The van der Waals surface area contributed by atoms with E-state index in [0.29, 0.717) is 11.6 Å². The van der Waals surface area contributed by atoms with E-state index in [1.807, 2.05) is 0 Å². The van der Waals surface area contributed by atoms with Gasteiger partial charge in [0.15, 0.2) is 0 Å². The monoisotopic (exact) mass is 155 g/mol. The van der Waals surface area contributed by atoms with Crippen LogP contribution in [0.1, 0.15) is 0 Å². The molecule has 0 amide bonds. The van der Waals surface area contributed by atoms with Crippen LogP contribution in [0, 0.1) is 0 Å². The third-order valence-corrected chi connectivity index (χ3v) is 2.05. The molecular formula is C4H5N5S. The summed E-state index contributed by atoms with van der Waals surface area (Å²) in [5.74, 6) is 1.32. The molecule has 2 heterocycles. The quantitative estimate of drug-likeness (QED) is 0.548. The van der Waals surface area contributed by atoms with Crippen molar-refractivity contribution in [1.29, 1.82) is 0 Å². The van der Waals surface area contributed by atoms with E-state index in [9.17, 15) is 0 Å². The molecule has 0 aromatic carbocycles. The lowest BCUT2D eigenvalue weighted by atomic mass is 10.7. The molecule has 0 saturated carbocycles. The van der Waals surface area contributed by atoms with Crippen molar-refractivity contribution in [2.75, 3.05) is 5.75 Å². The molecule has 1 aliphatic heterocycles. The Balaban J connectivity index is 2.50. The molecule has 2 N–H and O–H groups in total. The van der Waals surface area contributed by atoms with Gasteiger partial charge in [0.05, 0.1) is 5.75 Å². The Morgan fingerprint density at radius 2 is 2.60 bits per heavy atom. The van der Waals surface area contributed by atoms with Crippen LogP contribution in [0.15, 0.2) is 16.6 Å². The van der Waals surface area contributed by atoms with Gasteiger partial charge < -0.3 is 5.73 Å². The molecule has 0 bridgehead atoms. The number of aromatic nitrogens is 3. The summed E-state index contributed by atoms with van der Waals surface area (Å²) in [6.07, 6.45) is 1.54. The highest BCUT2D eigenvalue weighted by Crippen LogP contribution is 2.17. The SMILES string of the molecule is NC1=Nn2cnnc2SC1. The number of rotatable bonds is 0. The van der Waals surface area contributed by atoms with Gasteiger partial charge in [-0.3, -0.25) is 0 Å². The van der Waals surface area contributed by atoms with Crippen LogP contribution in [0.5, 0.6) is 0 Å². The van der Waals surface area contributed by atoms with E-state index >= 15 is 0 Å². The number of hydrogen-bond donors (Lipinski definition) is 1. The second-order valence-corrected chi connectivity index (χ2v) is 2.78. The molecule has 10 heavy (non-hydrogen) atoms. The normalized spacial score (nSPS) is 16.2. The van der Waals surface area contributed by atoms with Gasteiger partial charge in [0.1, 0.15) is 12.2 Å². The second-order valence-electron chi connectivity index (χ2n) is 1.84. The molecule has 0 unspecified atom stereocenters. The molecule has 0 saturated heterocycles. The third-order valence-electron chi connectivity index (χ3n) is 1.09. The second kappa shape index (κ2) is 1.98. The van der Waals surface area contributed by atoms with Crippen molar-refractivity contribution >= 4 is 17.6 Å². The predicted octanol–water partition coefficient (Wildman–Crippen LogP) is -0.496. The van der Waals surface area contributed by atoms with Crippen LogP contribution < -0.4 is 5.73 Å². The van der Waals surface area contributed by atoms with Crippen LogP contribution in [0.25, 0.3) is 0 Å². The average Bonchev–Trinajstić information content (AvgIpc) is 2.33. The molecule has 0 radical (unpaired) electrons. The van der Waals surface area contributed by atoms with E-state index in [1.165, 1.54) is 18.1 Å². The predicted molar refractivity (Wildman–Crippen MR) is 37.8 cm³/mol. The summed E-state index contributed by atoms with van der Waals surface area (Å²) in [5.41, 5.74) is 5.46. The number of nitrogens with two attached hydrogens (primary N) is 1. The summed E-state index contributed by atoms with van der Waals surface area (Å²) in [7, 11) is 0. The van der Waals surface area contributed by atoms with Crippen LogP contribution in [-0.4, -0.2) is 26.5 Å². The van der Waals surface area contributed by atoms with Crippen LogP contribution in [0.4, 0.5) is 0 Å². The average molecular weight is 155 g/mol. The Kier molecular flexibility index (Phi) is 1.13. The van der Waals surface area contributed by atoms with Crippen molar-refractivity contribution in [1.82, 2.24) is 14.9 Å². The van der Waals surface area contributed by atoms with Crippen LogP contribution in [0.2, 0.25) is 0 Å². The largest absolute Gasteiger partial charge is 0.385 e. The molecule has 5 nitrogen and oxygen atoms in total. The van der Waals surface area contributed by atoms with Crippen LogP contribution in [0.3, 0.4) is 0 Å². The summed E-state index contributed by atoms with van der Waals surface area (Å²) in [6, 6.07) is 0. The molecule has 1 aromatic rings. The summed E-state index contributed by atoms with van der Waals surface area (Å²) >= 11 is 1.54. The van der Waals surface area contributed by atoms with Gasteiger partial charge in [-0.25, -0.2) is 0 Å². The standard InChI is InChI=1S/C4H5N5S/c5-3-1-10-4-7-6-2-9(4)8-3/h2H,1H2,(H2,5,8). The van der Waals surface area contributed by atoms with Gasteiger partial charge in [0, 0.05) is 0 Å². The zero-order chi connectivity index (χ0) is 6.97. The van der Waals surface area contributed by atoms with E-state index in [2.05, 4.69) is 15.3 Å². The Bertz CT molecular complexity index is 277. The van der Waals surface area contributed by atoms with Crippen molar-refractivity contribution < 1.29 is 0 Å². The Morgan fingerprint density at radius 3 is 3.50 bits per heavy atom. The lowest BCUT2D eigenvalue weighted by Gasteiger charge is -2.06. The number of thioether (sulfide) groups is 1. The number of amidine groups is 1. The third kappa shape index (κ3) is 0.766. The zero-order valence-electron chi connectivity index (χ0n) is 5.06. The molecular weight excluding hydrogens is 150 g/mol. The van der Waals surface area contributed by atoms with Crippen molar-refractivity contribution in [3.8, 4) is 0 Å². The molecule has 52 valence electrons. The number of nitrogens with zero attached hydrogens (tertiary/aromatic N) is 4. The number of hydrogen-bond acceptors (Lipinski definition) is 5. The molecule has 0 atom stereocenters. The molecule has 2 rings (SSSR count). The van der Waals surface area contributed by atoms with Crippen molar-refractivity contribution in [2.45, 2.75) is 5.16 Å². The van der Waals surface area contributed by atoms with E-state index in [4.69, 9.17) is 5.73 Å². The Labute approximate surface area is 61.3 Å². The van der Waals surface area contributed by atoms with Crippen molar-refractivity contribution in [3.63, 3.8) is 0 Å². The van der Waals surface area contributed by atoms with Gasteiger partial charge >= 0.3 is 0 Å². The molecule has 1 aliphatic rings. The fraction of sp³-hybridized carbons (Fsp3) is 0.250. The molecule has 6 heteroatoms. The maximum absolute atomic E-state index is 5.46. The Morgan fingerprint density at radius 1 is 1.70 bits per heavy atom. The maximum Gasteiger partial charge on any atom is 0.212 e. The van der Waals surface area contributed by atoms with Crippen LogP contribution >= 0.6 is 11.8 Å². The van der Waals surface area contributed by atoms with E-state index in [0.717, 1.165) is 5.16 Å². The minimum atomic E-state index is 0.609. The lowest BCUT2D eigenvalue weighted by molar-refractivity contribution is 0.754. The first kappa shape index (κ1) is 5.72. The maximum atomic E-state index is 5.46. The highest BCUT2D eigenvalue weighted by atomic mass is 32.2.